The second-order valence-corrected chi connectivity index (χ2v) is 3.68. The number of hydrogen-bond donors (Lipinski definition) is 0. The number of halogens is 6. The molecule has 0 fully saturated rings. The van der Waals surface area contributed by atoms with Crippen LogP contribution in [-0.4, -0.2) is 12.4 Å². The topological polar surface area (TPSA) is 0 Å². The summed E-state index contributed by atoms with van der Waals surface area (Å²) < 4.78 is 72.4. The molecular weight excluding hydrogens is 234 g/mol. The lowest BCUT2D eigenvalue weighted by atomic mass is 9.99. The van der Waals surface area contributed by atoms with Gasteiger partial charge in [-0.2, -0.15) is 26.3 Å². The van der Waals surface area contributed by atoms with Crippen molar-refractivity contribution in [1.82, 2.24) is 0 Å². The van der Waals surface area contributed by atoms with Crippen LogP contribution >= 0.6 is 0 Å². The SMILES string of the molecule is C[CH]CCCCCC(C(F)(F)F)C(F)(F)F. The van der Waals surface area contributed by atoms with Gasteiger partial charge in [-0.25, -0.2) is 0 Å². The lowest BCUT2D eigenvalue weighted by molar-refractivity contribution is -0.285. The normalized spacial score (nSPS) is 13.5. The zero-order valence-corrected chi connectivity index (χ0v) is 8.96. The van der Waals surface area contributed by atoms with E-state index in [9.17, 15) is 26.3 Å². The molecule has 0 aromatic carbocycles. The van der Waals surface area contributed by atoms with Crippen molar-refractivity contribution < 1.29 is 26.3 Å². The lowest BCUT2D eigenvalue weighted by Crippen LogP contribution is -2.36. The Hall–Kier alpha value is -0.420. The van der Waals surface area contributed by atoms with Crippen LogP contribution in [-0.2, 0) is 0 Å². The summed E-state index contributed by atoms with van der Waals surface area (Å²) in [5.74, 6) is -3.18. The first-order valence-electron chi connectivity index (χ1n) is 5.11. The minimum absolute atomic E-state index is 0.0441. The Morgan fingerprint density at radius 1 is 0.875 bits per heavy atom. The van der Waals surface area contributed by atoms with Gasteiger partial charge in [-0.3, -0.25) is 0 Å². The molecule has 1 radical (unpaired) electrons. The van der Waals surface area contributed by atoms with Crippen LogP contribution in [0.4, 0.5) is 26.3 Å². The molecule has 0 aromatic rings. The third-order valence-corrected chi connectivity index (χ3v) is 2.28. The minimum Gasteiger partial charge on any atom is -0.170 e. The number of hydrogen-bond acceptors (Lipinski definition) is 0. The molecule has 97 valence electrons. The Kier molecular flexibility index (Phi) is 6.18. The predicted octanol–water partition coefficient (Wildman–Crippen LogP) is 4.90. The molecule has 6 heteroatoms. The average molecular weight is 249 g/mol. The fourth-order valence-electron chi connectivity index (χ4n) is 1.39. The van der Waals surface area contributed by atoms with Crippen LogP contribution in [0.5, 0.6) is 0 Å². The van der Waals surface area contributed by atoms with Crippen molar-refractivity contribution in [3.8, 4) is 0 Å². The molecule has 0 N–H and O–H groups in total. The van der Waals surface area contributed by atoms with Crippen molar-refractivity contribution in [2.75, 3.05) is 0 Å². The molecule has 0 nitrogen and oxygen atoms in total. The predicted molar refractivity (Wildman–Crippen MR) is 48.7 cm³/mol. The second kappa shape index (κ2) is 6.35. The molecule has 0 aliphatic heterocycles. The van der Waals surface area contributed by atoms with E-state index in [1.807, 2.05) is 6.42 Å². The molecule has 16 heavy (non-hydrogen) atoms. The van der Waals surface area contributed by atoms with Gasteiger partial charge in [-0.1, -0.05) is 32.6 Å². The molecule has 0 amide bonds. The maximum Gasteiger partial charge on any atom is 0.400 e. The monoisotopic (exact) mass is 249 g/mol. The van der Waals surface area contributed by atoms with E-state index in [-0.39, 0.29) is 6.42 Å². The van der Waals surface area contributed by atoms with E-state index in [1.54, 1.807) is 6.92 Å². The Balaban J connectivity index is 4.06. The molecule has 0 bridgehead atoms. The fraction of sp³-hybridized carbons (Fsp3) is 0.900. The van der Waals surface area contributed by atoms with Gasteiger partial charge in [0.25, 0.3) is 0 Å². The van der Waals surface area contributed by atoms with Crippen LogP contribution in [0.2, 0.25) is 0 Å². The highest BCUT2D eigenvalue weighted by molar-refractivity contribution is 4.75. The van der Waals surface area contributed by atoms with Gasteiger partial charge in [0.15, 0.2) is 5.92 Å². The zero-order chi connectivity index (χ0) is 12.8. The highest BCUT2D eigenvalue weighted by Gasteiger charge is 2.55. The Bertz CT molecular complexity index is 167. The highest BCUT2D eigenvalue weighted by atomic mass is 19.4. The van der Waals surface area contributed by atoms with E-state index in [1.165, 1.54) is 0 Å². The van der Waals surface area contributed by atoms with Gasteiger partial charge >= 0.3 is 12.4 Å². The van der Waals surface area contributed by atoms with Crippen molar-refractivity contribution in [2.45, 2.75) is 51.4 Å². The zero-order valence-electron chi connectivity index (χ0n) is 8.96. The Morgan fingerprint density at radius 3 is 1.75 bits per heavy atom. The smallest absolute Gasteiger partial charge is 0.170 e. The summed E-state index contributed by atoms with van der Waals surface area (Å²) in [5, 5.41) is 0. The van der Waals surface area contributed by atoms with Crippen molar-refractivity contribution in [3.05, 3.63) is 6.42 Å². The van der Waals surface area contributed by atoms with E-state index >= 15 is 0 Å². The van der Waals surface area contributed by atoms with E-state index in [0.29, 0.717) is 12.8 Å². The van der Waals surface area contributed by atoms with Crippen LogP contribution in [0, 0.1) is 12.3 Å². The maximum absolute atomic E-state index is 12.1. The van der Waals surface area contributed by atoms with Crippen LogP contribution in [0.25, 0.3) is 0 Å². The Labute approximate surface area is 91.0 Å². The molecule has 0 rings (SSSR count). The van der Waals surface area contributed by atoms with Crippen LogP contribution < -0.4 is 0 Å². The first-order chi connectivity index (χ1) is 7.19. The average Bonchev–Trinajstić information content (AvgIpc) is 2.06. The van der Waals surface area contributed by atoms with Crippen molar-refractivity contribution in [1.29, 1.82) is 0 Å². The van der Waals surface area contributed by atoms with Gasteiger partial charge in [0.05, 0.1) is 0 Å². The summed E-state index contributed by atoms with van der Waals surface area (Å²) in [6, 6.07) is 0. The summed E-state index contributed by atoms with van der Waals surface area (Å²) in [7, 11) is 0. The molecular formula is C10H15F6. The molecule has 0 aromatic heterocycles. The minimum atomic E-state index is -5.19. The quantitative estimate of drug-likeness (QED) is 0.464. The number of alkyl halides is 6. The highest BCUT2D eigenvalue weighted by Crippen LogP contribution is 2.42. The van der Waals surface area contributed by atoms with Gasteiger partial charge in [-0.15, -0.1) is 0 Å². The van der Waals surface area contributed by atoms with E-state index in [2.05, 4.69) is 0 Å². The van der Waals surface area contributed by atoms with Gasteiger partial charge in [-0.05, 0) is 12.8 Å². The first kappa shape index (κ1) is 15.6. The molecule has 0 unspecified atom stereocenters. The number of unbranched alkanes of at least 4 members (excludes halogenated alkanes) is 4. The number of rotatable bonds is 6. The summed E-state index contributed by atoms with van der Waals surface area (Å²) >= 11 is 0. The molecule has 0 heterocycles. The summed E-state index contributed by atoms with van der Waals surface area (Å²) in [6.45, 7) is 1.80. The van der Waals surface area contributed by atoms with Gasteiger partial charge in [0.1, 0.15) is 0 Å². The third-order valence-electron chi connectivity index (χ3n) is 2.28. The Morgan fingerprint density at radius 2 is 1.38 bits per heavy atom. The standard InChI is InChI=1S/C10H15F6/c1-2-3-4-5-6-7-8(9(11,12)13)10(14,15)16/h2,8H,3-7H2,1H3. The molecule has 0 aliphatic carbocycles. The lowest BCUT2D eigenvalue weighted by Gasteiger charge is -2.22. The maximum atomic E-state index is 12.1. The van der Waals surface area contributed by atoms with Crippen molar-refractivity contribution in [3.63, 3.8) is 0 Å². The second-order valence-electron chi connectivity index (χ2n) is 3.68. The molecule has 0 atom stereocenters. The van der Waals surface area contributed by atoms with Crippen LogP contribution in [0.1, 0.15) is 39.0 Å². The van der Waals surface area contributed by atoms with Gasteiger partial charge < -0.3 is 0 Å². The van der Waals surface area contributed by atoms with Gasteiger partial charge in [0, 0.05) is 0 Å². The summed E-state index contributed by atoms with van der Waals surface area (Å²) in [6.07, 6.45) is -7.68. The summed E-state index contributed by atoms with van der Waals surface area (Å²) in [4.78, 5) is 0. The molecule has 0 saturated heterocycles. The van der Waals surface area contributed by atoms with E-state index in [0.717, 1.165) is 6.42 Å². The van der Waals surface area contributed by atoms with Crippen molar-refractivity contribution in [2.24, 2.45) is 5.92 Å². The summed E-state index contributed by atoms with van der Waals surface area (Å²) in [5.41, 5.74) is 0. The molecule has 0 spiro atoms. The van der Waals surface area contributed by atoms with Gasteiger partial charge in [0.2, 0.25) is 0 Å². The fourth-order valence-corrected chi connectivity index (χ4v) is 1.39. The van der Waals surface area contributed by atoms with Crippen LogP contribution in [0.15, 0.2) is 0 Å². The van der Waals surface area contributed by atoms with E-state index in [4.69, 9.17) is 0 Å². The van der Waals surface area contributed by atoms with Crippen LogP contribution in [0.3, 0.4) is 0 Å². The third kappa shape index (κ3) is 6.23. The van der Waals surface area contributed by atoms with E-state index < -0.39 is 24.7 Å². The largest absolute Gasteiger partial charge is 0.400 e. The van der Waals surface area contributed by atoms with Crippen molar-refractivity contribution >= 4 is 0 Å². The molecule has 0 aliphatic rings. The first-order valence-corrected chi connectivity index (χ1v) is 5.11. The molecule has 0 saturated carbocycles.